The van der Waals surface area contributed by atoms with Gasteiger partial charge in [0.25, 0.3) is 0 Å². The molecule has 5 nitrogen and oxygen atoms in total. The molecule has 2 aromatic rings. The first-order valence-corrected chi connectivity index (χ1v) is 4.62. The Morgan fingerprint density at radius 2 is 2.07 bits per heavy atom. The lowest BCUT2D eigenvalue weighted by Crippen LogP contribution is -2.39. The third kappa shape index (κ3) is 1.69. The molecule has 0 bridgehead atoms. The van der Waals surface area contributed by atoms with Gasteiger partial charge in [0.15, 0.2) is 0 Å². The van der Waals surface area contributed by atoms with E-state index < -0.39 is 5.63 Å². The molecule has 0 aliphatic heterocycles. The van der Waals surface area contributed by atoms with Crippen LogP contribution in [-0.4, -0.2) is 5.27 Å². The Labute approximate surface area is 86.1 Å². The molecule has 1 heterocycles. The van der Waals surface area contributed by atoms with Gasteiger partial charge < -0.3 is 5.73 Å². The van der Waals surface area contributed by atoms with Crippen LogP contribution >= 0.6 is 0 Å². The highest BCUT2D eigenvalue weighted by molar-refractivity contribution is 5.26. The normalized spacial score (nSPS) is 10.5. The molecule has 0 aliphatic carbocycles. The predicted octanol–water partition coefficient (Wildman–Crippen LogP) is 0.0117. The molecule has 0 aliphatic rings. The van der Waals surface area contributed by atoms with Crippen LogP contribution in [-0.2, 0) is 6.54 Å². The highest BCUT2D eigenvalue weighted by Gasteiger charge is 2.20. The second-order valence-corrected chi connectivity index (χ2v) is 3.30. The number of hydrogen-bond donors (Lipinski definition) is 2. The number of hydrogen-bond acceptors (Lipinski definition) is 3. The van der Waals surface area contributed by atoms with Crippen molar-refractivity contribution in [3.8, 4) is 5.69 Å². The Balaban J connectivity index is 2.54. The maximum atomic E-state index is 11.2. The summed E-state index contributed by atoms with van der Waals surface area (Å²) in [5.74, 6) is 0. The van der Waals surface area contributed by atoms with Gasteiger partial charge in [-0.05, 0) is 16.9 Å². The average molecular weight is 206 g/mol. The van der Waals surface area contributed by atoms with Crippen molar-refractivity contribution in [3.63, 3.8) is 0 Å². The summed E-state index contributed by atoms with van der Waals surface area (Å²) in [7, 11) is 0. The van der Waals surface area contributed by atoms with Gasteiger partial charge >= 0.3 is 11.3 Å². The zero-order chi connectivity index (χ0) is 10.8. The summed E-state index contributed by atoms with van der Waals surface area (Å²) in [5.41, 5.74) is 7.41. The van der Waals surface area contributed by atoms with Crippen LogP contribution in [0.5, 0.6) is 0 Å². The Morgan fingerprint density at radius 3 is 2.67 bits per heavy atom. The van der Waals surface area contributed by atoms with Crippen molar-refractivity contribution in [2.45, 2.75) is 13.5 Å². The maximum Gasteiger partial charge on any atom is 0.431 e. The number of aryl methyl sites for hydroxylation is 1. The molecule has 5 heteroatoms. The molecule has 0 atom stereocenters. The van der Waals surface area contributed by atoms with E-state index in [9.17, 15) is 4.79 Å². The first-order valence-electron chi connectivity index (χ1n) is 4.62. The van der Waals surface area contributed by atoms with Crippen molar-refractivity contribution in [2.75, 3.05) is 0 Å². The molecule has 15 heavy (non-hydrogen) atoms. The van der Waals surface area contributed by atoms with Crippen LogP contribution in [0.15, 0.2) is 33.6 Å². The Kier molecular flexibility index (Phi) is 2.39. The lowest BCUT2D eigenvalue weighted by atomic mass is 10.2. The van der Waals surface area contributed by atoms with E-state index in [1.54, 1.807) is 4.68 Å². The maximum absolute atomic E-state index is 11.2. The molecule has 0 radical (unpaired) electrons. The zero-order valence-electron chi connectivity index (χ0n) is 8.36. The van der Waals surface area contributed by atoms with Gasteiger partial charge in [-0.1, -0.05) is 17.7 Å². The minimum atomic E-state index is -0.432. The molecule has 0 unspecified atom stereocenters. The van der Waals surface area contributed by atoms with E-state index in [-0.39, 0.29) is 6.54 Å². The molecule has 0 spiro atoms. The number of rotatable bonds is 2. The number of nitrogens with zero attached hydrogens (tertiary/aromatic N) is 1. The van der Waals surface area contributed by atoms with Gasteiger partial charge in [-0.25, -0.2) is 4.79 Å². The highest BCUT2D eigenvalue weighted by atomic mass is 16.5. The third-order valence-corrected chi connectivity index (χ3v) is 2.22. The number of aromatic nitrogens is 2. The van der Waals surface area contributed by atoms with E-state index in [0.717, 1.165) is 11.3 Å². The molecule has 1 aromatic carbocycles. The number of nitrogens with two attached hydrogens (primary N) is 1. The van der Waals surface area contributed by atoms with Crippen LogP contribution < -0.4 is 16.0 Å². The molecule has 2 rings (SSSR count). The molecule has 0 saturated carbocycles. The van der Waals surface area contributed by atoms with Gasteiger partial charge in [-0.3, -0.25) is 4.52 Å². The summed E-state index contributed by atoms with van der Waals surface area (Å²) in [6, 6.07) is 7.68. The second-order valence-electron chi connectivity index (χ2n) is 3.30. The van der Waals surface area contributed by atoms with E-state index in [1.807, 2.05) is 31.2 Å². The molecule has 0 fully saturated rings. The largest absolute Gasteiger partial charge is 0.431 e. The van der Waals surface area contributed by atoms with Gasteiger partial charge in [0.1, 0.15) is 0 Å². The van der Waals surface area contributed by atoms with Crippen LogP contribution in [0.2, 0.25) is 0 Å². The van der Waals surface area contributed by atoms with Crippen molar-refractivity contribution < 1.29 is 9.20 Å². The first-order chi connectivity index (χ1) is 7.22. The molecule has 3 N–H and O–H groups in total. The smallest absolute Gasteiger partial charge is 0.321 e. The van der Waals surface area contributed by atoms with E-state index in [4.69, 9.17) is 5.73 Å². The summed E-state index contributed by atoms with van der Waals surface area (Å²) < 4.78 is 6.22. The summed E-state index contributed by atoms with van der Waals surface area (Å²) in [5, 5.41) is 2.51. The summed E-state index contributed by atoms with van der Waals surface area (Å²) in [6.07, 6.45) is 0. The molecule has 0 amide bonds. The van der Waals surface area contributed by atoms with Gasteiger partial charge in [0.05, 0.1) is 6.54 Å². The third-order valence-electron chi connectivity index (χ3n) is 2.22. The van der Waals surface area contributed by atoms with E-state index in [2.05, 4.69) is 9.79 Å². The highest BCUT2D eigenvalue weighted by Crippen LogP contribution is 2.02. The number of nitrogens with one attached hydrogen (secondary N) is 1. The molecule has 0 saturated heterocycles. The SMILES string of the molecule is Cc1ccc(-[n+]2[nH]oc(=O)c2CN)cc1. The number of aromatic amines is 1. The Morgan fingerprint density at radius 1 is 1.40 bits per heavy atom. The molecular weight excluding hydrogens is 194 g/mol. The minimum absolute atomic E-state index is 0.139. The standard InChI is InChI=1S/C10H11N3O2/c1-7-2-4-8(5-3-7)13-9(6-11)10(14)15-12-13/h2-5H,6,11H2,1H3/p+1. The number of benzene rings is 1. The van der Waals surface area contributed by atoms with Gasteiger partial charge in [-0.2, -0.15) is 0 Å². The Bertz CT molecular complexity index is 510. The van der Waals surface area contributed by atoms with Gasteiger partial charge in [0.2, 0.25) is 5.69 Å². The van der Waals surface area contributed by atoms with Crippen LogP contribution in [0.3, 0.4) is 0 Å². The van der Waals surface area contributed by atoms with E-state index in [1.165, 1.54) is 0 Å². The van der Waals surface area contributed by atoms with Crippen LogP contribution in [0.4, 0.5) is 0 Å². The van der Waals surface area contributed by atoms with Crippen LogP contribution in [0.25, 0.3) is 5.69 Å². The van der Waals surface area contributed by atoms with E-state index >= 15 is 0 Å². The first kappa shape index (κ1) is 9.67. The molecule has 78 valence electrons. The van der Waals surface area contributed by atoms with Crippen molar-refractivity contribution in [1.82, 2.24) is 5.27 Å². The lowest BCUT2D eigenvalue weighted by Gasteiger charge is -1.92. The Hall–Kier alpha value is -1.88. The topological polar surface area (TPSA) is 75.9 Å². The predicted molar refractivity (Wildman–Crippen MR) is 53.5 cm³/mol. The van der Waals surface area contributed by atoms with Crippen molar-refractivity contribution in [1.29, 1.82) is 0 Å². The summed E-state index contributed by atoms with van der Waals surface area (Å²) >= 11 is 0. The summed E-state index contributed by atoms with van der Waals surface area (Å²) in [6.45, 7) is 2.14. The second kappa shape index (κ2) is 3.70. The quantitative estimate of drug-likeness (QED) is 0.680. The van der Waals surface area contributed by atoms with E-state index in [0.29, 0.717) is 5.69 Å². The summed E-state index contributed by atoms with van der Waals surface area (Å²) in [4.78, 5) is 11.2. The van der Waals surface area contributed by atoms with Gasteiger partial charge in [0, 0.05) is 12.1 Å². The minimum Gasteiger partial charge on any atom is -0.321 e. The van der Waals surface area contributed by atoms with Crippen LogP contribution in [0.1, 0.15) is 11.3 Å². The fourth-order valence-electron chi connectivity index (χ4n) is 1.37. The molecule has 1 aromatic heterocycles. The van der Waals surface area contributed by atoms with Crippen LogP contribution in [0, 0.1) is 6.92 Å². The number of H-pyrrole nitrogens is 1. The average Bonchev–Trinajstić information content (AvgIpc) is 2.61. The van der Waals surface area contributed by atoms with Crippen molar-refractivity contribution in [3.05, 3.63) is 45.9 Å². The molecular formula is C10H12N3O2+. The zero-order valence-corrected chi connectivity index (χ0v) is 8.36. The van der Waals surface area contributed by atoms with Gasteiger partial charge in [-0.15, -0.1) is 0 Å². The van der Waals surface area contributed by atoms with Crippen molar-refractivity contribution >= 4 is 0 Å². The lowest BCUT2D eigenvalue weighted by molar-refractivity contribution is -0.677. The fourth-order valence-corrected chi connectivity index (χ4v) is 1.37. The monoisotopic (exact) mass is 206 g/mol. The van der Waals surface area contributed by atoms with Crippen molar-refractivity contribution in [2.24, 2.45) is 5.73 Å². The fraction of sp³-hybridized carbons (Fsp3) is 0.200.